The predicted molar refractivity (Wildman–Crippen MR) is 55.5 cm³/mol. The highest BCUT2D eigenvalue weighted by Gasteiger charge is 2.25. The summed E-state index contributed by atoms with van der Waals surface area (Å²) in [6, 6.07) is 0. The Balaban J connectivity index is 2.35. The first-order chi connectivity index (χ1) is 5.59. The van der Waals surface area contributed by atoms with Crippen LogP contribution in [-0.2, 0) is 0 Å². The Morgan fingerprint density at radius 1 is 1.33 bits per heavy atom. The van der Waals surface area contributed by atoms with Crippen LogP contribution < -0.4 is 5.73 Å². The molecule has 3 heteroatoms. The van der Waals surface area contributed by atoms with E-state index in [4.69, 9.17) is 11.1 Å². The quantitative estimate of drug-likeness (QED) is 0.488. The van der Waals surface area contributed by atoms with E-state index in [2.05, 4.69) is 13.8 Å². The van der Waals surface area contributed by atoms with Crippen LogP contribution in [0.2, 0.25) is 0 Å². The molecule has 0 spiro atoms. The molecule has 3 N–H and O–H groups in total. The second-order valence-corrected chi connectivity index (χ2v) is 5.21. The summed E-state index contributed by atoms with van der Waals surface area (Å²) >= 11 is 1.54. The summed E-state index contributed by atoms with van der Waals surface area (Å²) in [6.45, 7) is 4.62. The molecule has 2 nitrogen and oxygen atoms in total. The number of thioether (sulfide) groups is 1. The van der Waals surface area contributed by atoms with Gasteiger partial charge in [-0.25, -0.2) is 0 Å². The number of rotatable bonds is 1. The molecule has 1 fully saturated rings. The third-order valence-corrected chi connectivity index (χ3v) is 3.86. The van der Waals surface area contributed by atoms with Crippen molar-refractivity contribution in [2.45, 2.75) is 38.4 Å². The molecule has 0 radical (unpaired) electrons. The molecule has 0 aromatic rings. The highest BCUT2D eigenvalue weighted by Crippen LogP contribution is 2.35. The van der Waals surface area contributed by atoms with Gasteiger partial charge in [-0.1, -0.05) is 25.6 Å². The van der Waals surface area contributed by atoms with Crippen molar-refractivity contribution in [3.05, 3.63) is 0 Å². The molecular formula is C9H18N2S. The van der Waals surface area contributed by atoms with Crippen LogP contribution >= 0.6 is 11.8 Å². The Bertz CT molecular complexity index is 170. The SMILES string of the molecule is CC1CCC(SC(=N)N)CC1C. The van der Waals surface area contributed by atoms with Gasteiger partial charge in [-0.3, -0.25) is 5.41 Å². The maximum Gasteiger partial charge on any atom is 0.151 e. The lowest BCUT2D eigenvalue weighted by atomic mass is 9.81. The number of hydrogen-bond acceptors (Lipinski definition) is 2. The molecule has 1 rings (SSSR count). The van der Waals surface area contributed by atoms with Gasteiger partial charge in [-0.05, 0) is 31.1 Å². The van der Waals surface area contributed by atoms with E-state index in [1.807, 2.05) is 0 Å². The molecule has 0 aromatic heterocycles. The molecule has 0 bridgehead atoms. The summed E-state index contributed by atoms with van der Waals surface area (Å²) in [4.78, 5) is 0. The van der Waals surface area contributed by atoms with Crippen LogP contribution in [0, 0.1) is 17.2 Å². The highest BCUT2D eigenvalue weighted by molar-refractivity contribution is 8.14. The van der Waals surface area contributed by atoms with Gasteiger partial charge >= 0.3 is 0 Å². The van der Waals surface area contributed by atoms with Crippen molar-refractivity contribution in [2.75, 3.05) is 0 Å². The number of amidine groups is 1. The van der Waals surface area contributed by atoms with E-state index < -0.39 is 0 Å². The zero-order valence-electron chi connectivity index (χ0n) is 7.84. The van der Waals surface area contributed by atoms with Gasteiger partial charge in [0.25, 0.3) is 0 Å². The molecule has 0 saturated heterocycles. The van der Waals surface area contributed by atoms with Crippen molar-refractivity contribution in [1.29, 1.82) is 5.41 Å². The van der Waals surface area contributed by atoms with Crippen molar-refractivity contribution in [1.82, 2.24) is 0 Å². The fourth-order valence-corrected chi connectivity index (χ4v) is 2.80. The number of nitrogens with one attached hydrogen (secondary N) is 1. The van der Waals surface area contributed by atoms with Gasteiger partial charge in [0.15, 0.2) is 5.17 Å². The van der Waals surface area contributed by atoms with Crippen molar-refractivity contribution < 1.29 is 0 Å². The van der Waals surface area contributed by atoms with Gasteiger partial charge in [0.05, 0.1) is 0 Å². The summed E-state index contributed by atoms with van der Waals surface area (Å²) < 4.78 is 0. The summed E-state index contributed by atoms with van der Waals surface area (Å²) in [5, 5.41) is 8.07. The van der Waals surface area contributed by atoms with E-state index in [9.17, 15) is 0 Å². The van der Waals surface area contributed by atoms with Crippen molar-refractivity contribution in [3.8, 4) is 0 Å². The molecule has 12 heavy (non-hydrogen) atoms. The van der Waals surface area contributed by atoms with Crippen LogP contribution in [0.3, 0.4) is 0 Å². The minimum Gasteiger partial charge on any atom is -0.379 e. The first-order valence-corrected chi connectivity index (χ1v) is 5.48. The molecule has 3 unspecified atom stereocenters. The second kappa shape index (κ2) is 4.17. The third kappa shape index (κ3) is 2.70. The largest absolute Gasteiger partial charge is 0.379 e. The van der Waals surface area contributed by atoms with Gasteiger partial charge in [0, 0.05) is 5.25 Å². The van der Waals surface area contributed by atoms with Gasteiger partial charge < -0.3 is 5.73 Å². The Hall–Kier alpha value is -0.180. The lowest BCUT2D eigenvalue weighted by Crippen LogP contribution is -2.24. The summed E-state index contributed by atoms with van der Waals surface area (Å²) in [7, 11) is 0. The predicted octanol–water partition coefficient (Wildman–Crippen LogP) is 2.44. The molecule has 3 atom stereocenters. The Morgan fingerprint density at radius 3 is 2.50 bits per heavy atom. The Labute approximate surface area is 78.8 Å². The monoisotopic (exact) mass is 186 g/mol. The lowest BCUT2D eigenvalue weighted by Gasteiger charge is -2.31. The first kappa shape index (κ1) is 9.90. The molecule has 70 valence electrons. The average molecular weight is 186 g/mol. The molecule has 0 amide bonds. The van der Waals surface area contributed by atoms with Crippen LogP contribution in [0.1, 0.15) is 33.1 Å². The van der Waals surface area contributed by atoms with Crippen LogP contribution in [-0.4, -0.2) is 10.4 Å². The molecular weight excluding hydrogens is 168 g/mol. The van der Waals surface area contributed by atoms with Crippen LogP contribution in [0.4, 0.5) is 0 Å². The van der Waals surface area contributed by atoms with Gasteiger partial charge in [0.2, 0.25) is 0 Å². The van der Waals surface area contributed by atoms with Crippen molar-refractivity contribution in [2.24, 2.45) is 17.6 Å². The van der Waals surface area contributed by atoms with Crippen molar-refractivity contribution >= 4 is 16.9 Å². The fraction of sp³-hybridized carbons (Fsp3) is 0.889. The van der Waals surface area contributed by atoms with Gasteiger partial charge in [-0.2, -0.15) is 0 Å². The Kier molecular flexibility index (Phi) is 3.44. The average Bonchev–Trinajstić information content (AvgIpc) is 1.96. The third-order valence-electron chi connectivity index (χ3n) is 2.84. The van der Waals surface area contributed by atoms with E-state index in [0.717, 1.165) is 11.8 Å². The number of nitrogens with two attached hydrogens (primary N) is 1. The van der Waals surface area contributed by atoms with Gasteiger partial charge in [0.1, 0.15) is 0 Å². The molecule has 0 aliphatic heterocycles. The topological polar surface area (TPSA) is 49.9 Å². The molecule has 0 heterocycles. The second-order valence-electron chi connectivity index (χ2n) is 3.87. The maximum atomic E-state index is 7.19. The standard InChI is InChI=1S/C9H18N2S/c1-6-3-4-8(5-7(6)2)12-9(10)11/h6-8H,3-5H2,1-2H3,(H3,10,11). The van der Waals surface area contributed by atoms with Gasteiger partial charge in [-0.15, -0.1) is 0 Å². The molecule has 0 aromatic carbocycles. The summed E-state index contributed by atoms with van der Waals surface area (Å²) in [6.07, 6.45) is 3.76. The molecule has 1 aliphatic carbocycles. The highest BCUT2D eigenvalue weighted by atomic mass is 32.2. The van der Waals surface area contributed by atoms with Crippen LogP contribution in [0.25, 0.3) is 0 Å². The fourth-order valence-electron chi connectivity index (χ4n) is 1.78. The van der Waals surface area contributed by atoms with E-state index in [1.54, 1.807) is 11.8 Å². The van der Waals surface area contributed by atoms with Crippen LogP contribution in [0.5, 0.6) is 0 Å². The zero-order chi connectivity index (χ0) is 9.14. The first-order valence-electron chi connectivity index (χ1n) is 4.60. The minimum absolute atomic E-state index is 0.279. The van der Waals surface area contributed by atoms with E-state index >= 15 is 0 Å². The molecule has 1 saturated carbocycles. The van der Waals surface area contributed by atoms with E-state index in [-0.39, 0.29) is 5.17 Å². The summed E-state index contributed by atoms with van der Waals surface area (Å²) in [5.41, 5.74) is 5.35. The lowest BCUT2D eigenvalue weighted by molar-refractivity contribution is 0.284. The maximum absolute atomic E-state index is 7.19. The van der Waals surface area contributed by atoms with Crippen molar-refractivity contribution in [3.63, 3.8) is 0 Å². The summed E-state index contributed by atoms with van der Waals surface area (Å²) in [5.74, 6) is 1.66. The smallest absolute Gasteiger partial charge is 0.151 e. The zero-order valence-corrected chi connectivity index (χ0v) is 8.66. The normalized spacial score (nSPS) is 36.3. The van der Waals surface area contributed by atoms with E-state index in [1.165, 1.54) is 19.3 Å². The van der Waals surface area contributed by atoms with Crippen LogP contribution in [0.15, 0.2) is 0 Å². The molecule has 1 aliphatic rings. The number of hydrogen-bond donors (Lipinski definition) is 2. The minimum atomic E-state index is 0.279. The Morgan fingerprint density at radius 2 is 2.00 bits per heavy atom. The van der Waals surface area contributed by atoms with E-state index in [0.29, 0.717) is 5.25 Å².